The Morgan fingerprint density at radius 1 is 1.10 bits per heavy atom. The lowest BCUT2D eigenvalue weighted by molar-refractivity contribution is -0.154. The number of amides is 3. The van der Waals surface area contributed by atoms with Crippen LogP contribution in [0.3, 0.4) is 0 Å². The Balaban J connectivity index is 1.30. The third-order valence-corrected chi connectivity index (χ3v) is 7.64. The summed E-state index contributed by atoms with van der Waals surface area (Å²) in [6.07, 6.45) is 2.91. The summed E-state index contributed by atoms with van der Waals surface area (Å²) in [5.74, 6) is -1.73. The molecule has 0 spiro atoms. The summed E-state index contributed by atoms with van der Waals surface area (Å²) in [6.45, 7) is 2.94. The molecule has 1 aromatic rings. The maximum absolute atomic E-state index is 12.6. The van der Waals surface area contributed by atoms with Crippen LogP contribution in [0.15, 0.2) is 16.6 Å². The van der Waals surface area contributed by atoms with Crippen molar-refractivity contribution >= 4 is 45.3 Å². The van der Waals surface area contributed by atoms with Gasteiger partial charge in [0.2, 0.25) is 11.8 Å². The molecule has 0 unspecified atom stereocenters. The molecule has 0 radical (unpaired) electrons. The highest BCUT2D eigenvalue weighted by Crippen LogP contribution is 2.56. The first-order valence-corrected chi connectivity index (χ1v) is 10.6. The van der Waals surface area contributed by atoms with Crippen LogP contribution in [0.2, 0.25) is 0 Å². The van der Waals surface area contributed by atoms with E-state index in [-0.39, 0.29) is 35.5 Å². The molecule has 1 aliphatic heterocycles. The molecule has 4 atom stereocenters. The fourth-order valence-electron chi connectivity index (χ4n) is 5.16. The molecule has 1 heterocycles. The normalized spacial score (nSPS) is 27.3. The van der Waals surface area contributed by atoms with E-state index in [1.807, 2.05) is 26.0 Å². The Bertz CT molecular complexity index is 863. The van der Waals surface area contributed by atoms with Gasteiger partial charge in [0.15, 0.2) is 6.61 Å². The number of hydrogen-bond donors (Lipinski definition) is 1. The van der Waals surface area contributed by atoms with Crippen molar-refractivity contribution in [3.8, 4) is 0 Å². The van der Waals surface area contributed by atoms with Crippen molar-refractivity contribution < 1.29 is 23.9 Å². The number of aryl methyl sites for hydroxylation is 2. The van der Waals surface area contributed by atoms with E-state index in [9.17, 15) is 19.2 Å². The van der Waals surface area contributed by atoms with Gasteiger partial charge in [0, 0.05) is 10.2 Å². The van der Waals surface area contributed by atoms with Gasteiger partial charge in [-0.25, -0.2) is 0 Å². The van der Waals surface area contributed by atoms with Crippen LogP contribution in [0.25, 0.3) is 0 Å². The van der Waals surface area contributed by atoms with Crippen molar-refractivity contribution in [1.82, 2.24) is 4.90 Å². The molecule has 29 heavy (non-hydrogen) atoms. The number of imide groups is 1. The molecule has 3 amide bonds. The second-order valence-electron chi connectivity index (χ2n) is 8.28. The monoisotopic (exact) mass is 462 g/mol. The summed E-state index contributed by atoms with van der Waals surface area (Å²) < 4.78 is 5.98. The van der Waals surface area contributed by atoms with Crippen LogP contribution in [-0.2, 0) is 23.9 Å². The molecule has 0 aromatic heterocycles. The zero-order chi connectivity index (χ0) is 20.9. The lowest BCUT2D eigenvalue weighted by Gasteiger charge is -2.19. The molecule has 2 aliphatic carbocycles. The third kappa shape index (κ3) is 3.58. The minimum absolute atomic E-state index is 0.255. The van der Waals surface area contributed by atoms with E-state index in [1.165, 1.54) is 0 Å². The first kappa shape index (κ1) is 20.1. The van der Waals surface area contributed by atoms with E-state index in [1.54, 1.807) is 0 Å². The summed E-state index contributed by atoms with van der Waals surface area (Å²) in [6, 6.07) is 3.62. The highest BCUT2D eigenvalue weighted by Gasteiger charge is 2.61. The van der Waals surface area contributed by atoms with Crippen molar-refractivity contribution in [2.75, 3.05) is 18.5 Å². The zero-order valence-corrected chi connectivity index (χ0v) is 18.0. The van der Waals surface area contributed by atoms with Gasteiger partial charge in [0.25, 0.3) is 5.91 Å². The summed E-state index contributed by atoms with van der Waals surface area (Å²) in [7, 11) is 0. The minimum Gasteiger partial charge on any atom is -0.454 e. The second-order valence-corrected chi connectivity index (χ2v) is 9.07. The van der Waals surface area contributed by atoms with Gasteiger partial charge in [-0.3, -0.25) is 24.1 Å². The average Bonchev–Trinajstić information content (AvgIpc) is 3.34. The van der Waals surface area contributed by atoms with Gasteiger partial charge in [0.05, 0.1) is 11.8 Å². The van der Waals surface area contributed by atoms with Crippen LogP contribution in [0.1, 0.15) is 30.4 Å². The van der Waals surface area contributed by atoms with E-state index >= 15 is 0 Å². The Hall–Kier alpha value is -2.22. The fourth-order valence-corrected chi connectivity index (χ4v) is 5.39. The van der Waals surface area contributed by atoms with Crippen molar-refractivity contribution in [3.63, 3.8) is 0 Å². The molecule has 3 aliphatic rings. The molecule has 1 aromatic carbocycles. The molecule has 7 nitrogen and oxygen atoms in total. The van der Waals surface area contributed by atoms with Gasteiger partial charge in [0.1, 0.15) is 6.54 Å². The van der Waals surface area contributed by atoms with Gasteiger partial charge in [-0.1, -0.05) is 15.9 Å². The zero-order valence-electron chi connectivity index (χ0n) is 16.4. The van der Waals surface area contributed by atoms with Gasteiger partial charge in [-0.05, 0) is 68.2 Å². The summed E-state index contributed by atoms with van der Waals surface area (Å²) in [4.78, 5) is 50.5. The number of nitrogens with one attached hydrogen (secondary N) is 1. The van der Waals surface area contributed by atoms with E-state index in [0.29, 0.717) is 5.69 Å². The van der Waals surface area contributed by atoms with Crippen LogP contribution in [0.5, 0.6) is 0 Å². The Kier molecular flexibility index (Phi) is 5.23. The topological polar surface area (TPSA) is 92.8 Å². The number of anilines is 1. The summed E-state index contributed by atoms with van der Waals surface area (Å²) in [5.41, 5.74) is 2.56. The number of rotatable bonds is 5. The van der Waals surface area contributed by atoms with E-state index < -0.39 is 25.0 Å². The second kappa shape index (κ2) is 7.55. The lowest BCUT2D eigenvalue weighted by Crippen LogP contribution is -2.38. The molecule has 154 valence electrons. The summed E-state index contributed by atoms with van der Waals surface area (Å²) in [5, 5.41) is 2.69. The number of fused-ring (bicyclic) bond motifs is 5. The summed E-state index contributed by atoms with van der Waals surface area (Å²) >= 11 is 3.47. The lowest BCUT2D eigenvalue weighted by atomic mass is 9.81. The number of ether oxygens (including phenoxy) is 1. The number of esters is 1. The number of benzene rings is 1. The molecular formula is C21H23BrN2O5. The van der Waals surface area contributed by atoms with E-state index in [0.717, 1.165) is 39.8 Å². The number of nitrogens with zero attached hydrogens (tertiary/aromatic N) is 1. The maximum Gasteiger partial charge on any atom is 0.326 e. The smallest absolute Gasteiger partial charge is 0.326 e. The molecule has 3 fully saturated rings. The van der Waals surface area contributed by atoms with E-state index in [2.05, 4.69) is 21.2 Å². The van der Waals surface area contributed by atoms with Crippen LogP contribution in [0.4, 0.5) is 5.69 Å². The quantitative estimate of drug-likeness (QED) is 0.536. The Morgan fingerprint density at radius 3 is 2.21 bits per heavy atom. The highest BCUT2D eigenvalue weighted by molar-refractivity contribution is 9.10. The number of carbonyl (C=O) groups excluding carboxylic acids is 4. The van der Waals surface area contributed by atoms with Gasteiger partial charge in [-0.2, -0.15) is 0 Å². The predicted molar refractivity (Wildman–Crippen MR) is 108 cm³/mol. The minimum atomic E-state index is -0.752. The molecule has 8 heteroatoms. The number of carbonyl (C=O) groups is 4. The largest absolute Gasteiger partial charge is 0.454 e. The molecule has 4 rings (SSSR count). The first-order valence-electron chi connectivity index (χ1n) is 9.83. The van der Waals surface area contributed by atoms with Crippen LogP contribution in [0, 0.1) is 37.5 Å². The van der Waals surface area contributed by atoms with Crippen LogP contribution < -0.4 is 5.32 Å². The van der Waals surface area contributed by atoms with Crippen molar-refractivity contribution in [2.45, 2.75) is 33.1 Å². The Morgan fingerprint density at radius 2 is 1.66 bits per heavy atom. The first-order chi connectivity index (χ1) is 13.8. The molecule has 1 N–H and O–H groups in total. The Labute approximate surface area is 177 Å². The fraction of sp³-hybridized carbons (Fsp3) is 0.524. The average molecular weight is 463 g/mol. The van der Waals surface area contributed by atoms with Gasteiger partial charge < -0.3 is 10.1 Å². The van der Waals surface area contributed by atoms with Gasteiger partial charge >= 0.3 is 5.97 Å². The van der Waals surface area contributed by atoms with E-state index in [4.69, 9.17) is 4.74 Å². The van der Waals surface area contributed by atoms with Crippen LogP contribution >= 0.6 is 15.9 Å². The number of halogens is 1. The number of hydrogen-bond acceptors (Lipinski definition) is 5. The van der Waals surface area contributed by atoms with Crippen molar-refractivity contribution in [2.24, 2.45) is 23.7 Å². The van der Waals surface area contributed by atoms with Gasteiger partial charge in [-0.15, -0.1) is 0 Å². The van der Waals surface area contributed by atoms with Crippen LogP contribution in [-0.4, -0.2) is 41.7 Å². The molecule has 2 bridgehead atoms. The third-order valence-electron chi connectivity index (χ3n) is 6.39. The predicted octanol–water partition coefficient (Wildman–Crippen LogP) is 2.58. The standard InChI is InChI=1S/C21H23BrN2O5/c1-10-5-14(6-11(2)19(10)22)23-15(25)9-29-16(26)8-24-20(27)17-12-3-4-13(7-12)18(17)21(24)28/h5-6,12-13,17-18H,3-4,7-9H2,1-2H3,(H,23,25)/t12-,13-,17-,18+/m0/s1. The SMILES string of the molecule is Cc1cc(NC(=O)COC(=O)CN2C(=O)[C@@H]3[C@H]4CC[C@@H](C4)[C@@H]3C2=O)cc(C)c1Br. The number of likely N-dealkylation sites (tertiary alicyclic amines) is 1. The van der Waals surface area contributed by atoms with Crippen molar-refractivity contribution in [3.05, 3.63) is 27.7 Å². The molecule has 2 saturated carbocycles. The molecule has 1 saturated heterocycles. The molecular weight excluding hydrogens is 440 g/mol. The van der Waals surface area contributed by atoms with Crippen molar-refractivity contribution in [1.29, 1.82) is 0 Å². The highest BCUT2D eigenvalue weighted by atomic mass is 79.9. The maximum atomic E-state index is 12.6.